The zero-order valence-electron chi connectivity index (χ0n) is 14.0. The first kappa shape index (κ1) is 18.0. The molecule has 1 amide bonds. The van der Waals surface area contributed by atoms with Crippen molar-refractivity contribution in [2.24, 2.45) is 0 Å². The molecule has 0 spiro atoms. The van der Waals surface area contributed by atoms with E-state index in [-0.39, 0.29) is 6.04 Å². The van der Waals surface area contributed by atoms with Crippen LogP contribution in [0.1, 0.15) is 47.6 Å². The fourth-order valence-electron chi connectivity index (χ4n) is 3.32. The first-order chi connectivity index (χ1) is 12.2. The number of hydrogen-bond donors (Lipinski definition) is 1. The van der Waals surface area contributed by atoms with Crippen molar-refractivity contribution in [3.63, 3.8) is 0 Å². The Labute approximate surface area is 150 Å². The van der Waals surface area contributed by atoms with Crippen molar-refractivity contribution in [2.75, 3.05) is 19.6 Å². The summed E-state index contributed by atoms with van der Waals surface area (Å²) in [6.07, 6.45) is 4.71. The molecule has 0 aliphatic carbocycles. The molecule has 1 N–H and O–H groups in total. The molecule has 3 rings (SSSR count). The van der Waals surface area contributed by atoms with E-state index in [0.717, 1.165) is 43.6 Å². The van der Waals surface area contributed by atoms with Gasteiger partial charge in [0.2, 0.25) is 0 Å². The van der Waals surface area contributed by atoms with Crippen LogP contribution in [0.4, 0.5) is 8.78 Å². The highest BCUT2D eigenvalue weighted by Gasteiger charge is 2.24. The monoisotopic (exact) mass is 364 g/mol. The largest absolute Gasteiger partial charge is 0.350 e. The number of rotatable bonds is 5. The summed E-state index contributed by atoms with van der Waals surface area (Å²) in [5.74, 6) is -2.37. The van der Waals surface area contributed by atoms with Crippen molar-refractivity contribution >= 4 is 17.2 Å². The lowest BCUT2D eigenvalue weighted by atomic mass is 10.1. The van der Waals surface area contributed by atoms with Gasteiger partial charge >= 0.3 is 0 Å². The average molecular weight is 364 g/mol. The van der Waals surface area contributed by atoms with Crippen molar-refractivity contribution in [3.05, 3.63) is 57.8 Å². The fourth-order valence-corrected chi connectivity index (χ4v) is 4.03. The van der Waals surface area contributed by atoms with Gasteiger partial charge in [-0.25, -0.2) is 8.78 Å². The molecule has 2 aromatic rings. The minimum absolute atomic E-state index is 0.0307. The van der Waals surface area contributed by atoms with Crippen LogP contribution in [0.15, 0.2) is 35.0 Å². The van der Waals surface area contributed by atoms with Gasteiger partial charge in [-0.05, 0) is 60.5 Å². The first-order valence-electron chi connectivity index (χ1n) is 8.65. The van der Waals surface area contributed by atoms with Crippen LogP contribution in [0.25, 0.3) is 0 Å². The van der Waals surface area contributed by atoms with Crippen LogP contribution < -0.4 is 5.32 Å². The number of nitrogens with zero attached hydrogens (tertiary/aromatic N) is 1. The summed E-state index contributed by atoms with van der Waals surface area (Å²) >= 11 is 1.61. The lowest BCUT2D eigenvalue weighted by Gasteiger charge is -2.30. The van der Waals surface area contributed by atoms with Gasteiger partial charge in [0.15, 0.2) is 0 Å². The highest BCUT2D eigenvalue weighted by Crippen LogP contribution is 2.25. The van der Waals surface area contributed by atoms with Gasteiger partial charge < -0.3 is 5.32 Å². The van der Waals surface area contributed by atoms with Crippen molar-refractivity contribution < 1.29 is 13.6 Å². The molecular formula is C19H22F2N2OS. The Morgan fingerprint density at radius 3 is 2.40 bits per heavy atom. The molecule has 1 aromatic heterocycles. The molecule has 2 heterocycles. The molecule has 134 valence electrons. The highest BCUT2D eigenvalue weighted by atomic mass is 32.1. The number of hydrogen-bond acceptors (Lipinski definition) is 3. The second-order valence-corrected chi connectivity index (χ2v) is 7.11. The normalized spacial score (nSPS) is 17.0. The molecule has 1 saturated heterocycles. The summed E-state index contributed by atoms with van der Waals surface area (Å²) in [5, 5.41) is 6.82. The maximum absolute atomic E-state index is 13.8. The van der Waals surface area contributed by atoms with E-state index in [1.54, 1.807) is 11.3 Å². The fraction of sp³-hybridized carbons (Fsp3) is 0.421. The van der Waals surface area contributed by atoms with Crippen LogP contribution in [-0.4, -0.2) is 30.4 Å². The molecule has 1 fully saturated rings. The second kappa shape index (κ2) is 8.54. The Kier molecular flexibility index (Phi) is 6.15. The summed E-state index contributed by atoms with van der Waals surface area (Å²) in [6.45, 7) is 2.29. The minimum Gasteiger partial charge on any atom is -0.350 e. The van der Waals surface area contributed by atoms with E-state index in [4.69, 9.17) is 0 Å². The standard InChI is InChI=1S/C19H22F2N2OS/c20-15-6-5-7-16(21)18(15)19(24)22-12-17(14-8-11-25-13-14)23-9-3-1-2-4-10-23/h5-8,11,13,17H,1-4,9-10,12H2,(H,22,24). The van der Waals surface area contributed by atoms with E-state index < -0.39 is 23.1 Å². The topological polar surface area (TPSA) is 32.3 Å². The van der Waals surface area contributed by atoms with Crippen molar-refractivity contribution in [1.29, 1.82) is 0 Å². The second-order valence-electron chi connectivity index (χ2n) is 6.33. The lowest BCUT2D eigenvalue weighted by Crippen LogP contribution is -2.39. The Morgan fingerprint density at radius 1 is 1.12 bits per heavy atom. The summed E-state index contributed by atoms with van der Waals surface area (Å²) < 4.78 is 27.6. The Hall–Kier alpha value is -1.79. The van der Waals surface area contributed by atoms with Crippen molar-refractivity contribution in [3.8, 4) is 0 Å². The third-order valence-corrected chi connectivity index (χ3v) is 5.36. The predicted octanol–water partition coefficient (Wildman–Crippen LogP) is 4.37. The van der Waals surface area contributed by atoms with E-state index in [9.17, 15) is 13.6 Å². The number of likely N-dealkylation sites (tertiary alicyclic amines) is 1. The summed E-state index contributed by atoms with van der Waals surface area (Å²) in [6, 6.07) is 5.54. The van der Waals surface area contributed by atoms with Gasteiger partial charge in [0.1, 0.15) is 17.2 Å². The summed E-state index contributed by atoms with van der Waals surface area (Å²) in [5.41, 5.74) is 0.628. The molecule has 25 heavy (non-hydrogen) atoms. The van der Waals surface area contributed by atoms with Gasteiger partial charge in [0, 0.05) is 6.54 Å². The molecule has 1 aliphatic rings. The van der Waals surface area contributed by atoms with Crippen LogP contribution in [0.5, 0.6) is 0 Å². The maximum atomic E-state index is 13.8. The molecule has 1 aliphatic heterocycles. The molecule has 3 nitrogen and oxygen atoms in total. The number of benzene rings is 1. The quantitative estimate of drug-likeness (QED) is 0.854. The summed E-state index contributed by atoms with van der Waals surface area (Å²) in [4.78, 5) is 14.7. The summed E-state index contributed by atoms with van der Waals surface area (Å²) in [7, 11) is 0. The van der Waals surface area contributed by atoms with Crippen molar-refractivity contribution in [2.45, 2.75) is 31.7 Å². The van der Waals surface area contributed by atoms with Crippen LogP contribution >= 0.6 is 11.3 Å². The van der Waals surface area contributed by atoms with Gasteiger partial charge in [0.25, 0.3) is 5.91 Å². The number of halogens is 2. The number of nitrogens with one attached hydrogen (secondary N) is 1. The highest BCUT2D eigenvalue weighted by molar-refractivity contribution is 7.07. The van der Waals surface area contributed by atoms with Crippen LogP contribution in [0.2, 0.25) is 0 Å². The maximum Gasteiger partial charge on any atom is 0.257 e. The number of carbonyl (C=O) groups is 1. The van der Waals surface area contributed by atoms with Gasteiger partial charge in [-0.2, -0.15) is 11.3 Å². The van der Waals surface area contributed by atoms with Crippen molar-refractivity contribution in [1.82, 2.24) is 10.2 Å². The predicted molar refractivity (Wildman–Crippen MR) is 95.8 cm³/mol. The van der Waals surface area contributed by atoms with Gasteiger partial charge in [-0.3, -0.25) is 9.69 Å². The van der Waals surface area contributed by atoms with E-state index in [1.807, 2.05) is 5.38 Å². The molecule has 1 atom stereocenters. The Morgan fingerprint density at radius 2 is 1.80 bits per heavy atom. The minimum atomic E-state index is -0.834. The number of amides is 1. The smallest absolute Gasteiger partial charge is 0.257 e. The third kappa shape index (κ3) is 4.44. The molecule has 0 bridgehead atoms. The molecule has 0 radical (unpaired) electrons. The number of thiophene rings is 1. The SMILES string of the molecule is O=C(NCC(c1ccsc1)N1CCCCCC1)c1c(F)cccc1F. The molecular weight excluding hydrogens is 342 g/mol. The lowest BCUT2D eigenvalue weighted by molar-refractivity contribution is 0.0925. The third-order valence-electron chi connectivity index (χ3n) is 4.66. The zero-order chi connectivity index (χ0) is 17.6. The molecule has 6 heteroatoms. The van der Waals surface area contributed by atoms with Crippen LogP contribution in [0, 0.1) is 11.6 Å². The van der Waals surface area contributed by atoms with E-state index in [0.29, 0.717) is 6.54 Å². The van der Waals surface area contributed by atoms with E-state index in [2.05, 4.69) is 21.7 Å². The van der Waals surface area contributed by atoms with Crippen LogP contribution in [-0.2, 0) is 0 Å². The van der Waals surface area contributed by atoms with Gasteiger partial charge in [-0.15, -0.1) is 0 Å². The molecule has 0 saturated carbocycles. The van der Waals surface area contributed by atoms with E-state index in [1.165, 1.54) is 18.9 Å². The van der Waals surface area contributed by atoms with Gasteiger partial charge in [-0.1, -0.05) is 18.9 Å². The van der Waals surface area contributed by atoms with Crippen LogP contribution in [0.3, 0.4) is 0 Å². The zero-order valence-corrected chi connectivity index (χ0v) is 14.8. The molecule has 1 unspecified atom stereocenters. The Bertz CT molecular complexity index is 677. The molecule has 1 aromatic carbocycles. The average Bonchev–Trinajstić information content (AvgIpc) is 2.98. The number of carbonyl (C=O) groups excluding carboxylic acids is 1. The first-order valence-corrected chi connectivity index (χ1v) is 9.59. The van der Waals surface area contributed by atoms with Gasteiger partial charge in [0.05, 0.1) is 6.04 Å². The van der Waals surface area contributed by atoms with E-state index >= 15 is 0 Å². The Balaban J connectivity index is 1.73.